The number of nitrogens with one attached hydrogen (secondary N) is 1. The van der Waals surface area contributed by atoms with Crippen LogP contribution >= 0.6 is 0 Å². The summed E-state index contributed by atoms with van der Waals surface area (Å²) in [6, 6.07) is 13.3. The first-order valence-electron chi connectivity index (χ1n) is 10.9. The Balaban J connectivity index is 1.53. The van der Waals surface area contributed by atoms with Gasteiger partial charge in [0.2, 0.25) is 21.8 Å². The standard InChI is InChI=1S/C24H31N3O4S/c1-18-13-19(2)15-22(14-18)27(32(3,30)31)12-5-9-23(28)25-17-20-7-4-8-21(16-20)26-11-6-10-24(26)29/h4,7-8,13-16H,5-6,9-12,17H2,1-3H3,(H,25,28). The molecule has 7 nitrogen and oxygen atoms in total. The average Bonchev–Trinajstić information content (AvgIpc) is 3.14. The lowest BCUT2D eigenvalue weighted by Gasteiger charge is -2.23. The van der Waals surface area contributed by atoms with Crippen LogP contribution in [0.5, 0.6) is 0 Å². The monoisotopic (exact) mass is 457 g/mol. The molecule has 0 spiro atoms. The van der Waals surface area contributed by atoms with Gasteiger partial charge in [0.15, 0.2) is 0 Å². The molecule has 1 aliphatic heterocycles. The molecular formula is C24H31N3O4S. The van der Waals surface area contributed by atoms with Gasteiger partial charge in [-0.15, -0.1) is 0 Å². The van der Waals surface area contributed by atoms with Crippen molar-refractivity contribution in [3.05, 3.63) is 59.2 Å². The Morgan fingerprint density at radius 1 is 1.12 bits per heavy atom. The van der Waals surface area contributed by atoms with Crippen LogP contribution in [0.2, 0.25) is 0 Å². The molecule has 0 unspecified atom stereocenters. The molecule has 1 saturated heterocycles. The molecule has 0 bridgehead atoms. The Morgan fingerprint density at radius 2 is 1.84 bits per heavy atom. The highest BCUT2D eigenvalue weighted by molar-refractivity contribution is 7.92. The summed E-state index contributed by atoms with van der Waals surface area (Å²) in [6.07, 6.45) is 3.26. The Bertz CT molecular complexity index is 1080. The molecule has 2 amide bonds. The van der Waals surface area contributed by atoms with Crippen LogP contribution in [0.4, 0.5) is 11.4 Å². The van der Waals surface area contributed by atoms with Crippen molar-refractivity contribution in [2.45, 2.75) is 46.1 Å². The molecule has 32 heavy (non-hydrogen) atoms. The van der Waals surface area contributed by atoms with Crippen molar-refractivity contribution in [2.75, 3.05) is 28.6 Å². The number of rotatable bonds is 9. The second-order valence-corrected chi connectivity index (χ2v) is 10.3. The molecule has 2 aromatic rings. The number of amides is 2. The lowest BCUT2D eigenvalue weighted by Crippen LogP contribution is -2.32. The number of sulfonamides is 1. The summed E-state index contributed by atoms with van der Waals surface area (Å²) in [6.45, 7) is 5.19. The summed E-state index contributed by atoms with van der Waals surface area (Å²) in [5, 5.41) is 2.89. The second kappa shape index (κ2) is 10.2. The Morgan fingerprint density at radius 3 is 2.47 bits per heavy atom. The van der Waals surface area contributed by atoms with Gasteiger partial charge in [0.05, 0.1) is 11.9 Å². The van der Waals surface area contributed by atoms with Gasteiger partial charge in [0.25, 0.3) is 0 Å². The molecule has 0 saturated carbocycles. The minimum Gasteiger partial charge on any atom is -0.352 e. The first kappa shape index (κ1) is 23.8. The third kappa shape index (κ3) is 6.32. The number of carbonyl (C=O) groups is 2. The molecule has 1 fully saturated rings. The maximum atomic E-state index is 12.3. The largest absolute Gasteiger partial charge is 0.352 e. The Labute approximate surface area is 190 Å². The number of anilines is 2. The van der Waals surface area contributed by atoms with Crippen LogP contribution in [0.1, 0.15) is 42.4 Å². The molecule has 1 N–H and O–H groups in total. The topological polar surface area (TPSA) is 86.8 Å². The van der Waals surface area contributed by atoms with E-state index >= 15 is 0 Å². The minimum absolute atomic E-state index is 0.130. The first-order valence-corrected chi connectivity index (χ1v) is 12.7. The van der Waals surface area contributed by atoms with Crippen LogP contribution in [0.15, 0.2) is 42.5 Å². The minimum atomic E-state index is -3.45. The first-order chi connectivity index (χ1) is 15.1. The van der Waals surface area contributed by atoms with E-state index in [4.69, 9.17) is 0 Å². The highest BCUT2D eigenvalue weighted by Gasteiger charge is 2.22. The van der Waals surface area contributed by atoms with Crippen LogP contribution in [0.25, 0.3) is 0 Å². The fraction of sp³-hybridized carbons (Fsp3) is 0.417. The fourth-order valence-corrected chi connectivity index (χ4v) is 4.96. The summed E-state index contributed by atoms with van der Waals surface area (Å²) >= 11 is 0. The molecular weight excluding hydrogens is 426 g/mol. The van der Waals surface area contributed by atoms with Crippen LogP contribution < -0.4 is 14.5 Å². The van der Waals surface area contributed by atoms with E-state index in [1.165, 1.54) is 10.6 Å². The Hall–Kier alpha value is -2.87. The van der Waals surface area contributed by atoms with E-state index < -0.39 is 10.0 Å². The van der Waals surface area contributed by atoms with Crippen LogP contribution in [-0.2, 0) is 26.2 Å². The van der Waals surface area contributed by atoms with E-state index in [-0.39, 0.29) is 24.8 Å². The smallest absolute Gasteiger partial charge is 0.232 e. The van der Waals surface area contributed by atoms with E-state index in [1.807, 2.05) is 56.3 Å². The summed E-state index contributed by atoms with van der Waals surface area (Å²) in [7, 11) is -3.45. The van der Waals surface area contributed by atoms with Gasteiger partial charge in [-0.1, -0.05) is 18.2 Å². The van der Waals surface area contributed by atoms with Crippen molar-refractivity contribution in [3.8, 4) is 0 Å². The van der Waals surface area contributed by atoms with E-state index in [0.29, 0.717) is 25.1 Å². The zero-order valence-electron chi connectivity index (χ0n) is 18.9. The predicted molar refractivity (Wildman–Crippen MR) is 127 cm³/mol. The molecule has 0 radical (unpaired) electrons. The average molecular weight is 458 g/mol. The predicted octanol–water partition coefficient (Wildman–Crippen LogP) is 3.29. The normalized spacial score (nSPS) is 14.0. The molecule has 8 heteroatoms. The van der Waals surface area contributed by atoms with E-state index in [2.05, 4.69) is 5.32 Å². The van der Waals surface area contributed by atoms with E-state index in [9.17, 15) is 18.0 Å². The van der Waals surface area contributed by atoms with Crippen molar-refractivity contribution in [3.63, 3.8) is 0 Å². The van der Waals surface area contributed by atoms with Crippen molar-refractivity contribution in [2.24, 2.45) is 0 Å². The van der Waals surface area contributed by atoms with Crippen molar-refractivity contribution < 1.29 is 18.0 Å². The number of nitrogens with zero attached hydrogens (tertiary/aromatic N) is 2. The fourth-order valence-electron chi connectivity index (χ4n) is 4.01. The highest BCUT2D eigenvalue weighted by Crippen LogP contribution is 2.23. The number of hydrogen-bond donors (Lipinski definition) is 1. The molecule has 0 aliphatic carbocycles. The molecule has 2 aromatic carbocycles. The summed E-state index contributed by atoms with van der Waals surface area (Å²) < 4.78 is 26.0. The summed E-state index contributed by atoms with van der Waals surface area (Å²) in [4.78, 5) is 26.1. The maximum absolute atomic E-state index is 12.3. The third-order valence-corrected chi connectivity index (χ3v) is 6.64. The van der Waals surface area contributed by atoms with E-state index in [0.717, 1.165) is 35.3 Å². The lowest BCUT2D eigenvalue weighted by molar-refractivity contribution is -0.121. The zero-order chi connectivity index (χ0) is 23.3. The second-order valence-electron chi connectivity index (χ2n) is 8.38. The number of aryl methyl sites for hydroxylation is 2. The summed E-state index contributed by atoms with van der Waals surface area (Å²) in [5.41, 5.74) is 4.38. The van der Waals surface area contributed by atoms with Crippen LogP contribution in [0.3, 0.4) is 0 Å². The number of carbonyl (C=O) groups excluding carboxylic acids is 2. The number of benzene rings is 2. The van der Waals surface area contributed by atoms with Gasteiger partial charge in [0.1, 0.15) is 0 Å². The molecule has 3 rings (SSSR count). The third-order valence-electron chi connectivity index (χ3n) is 5.45. The van der Waals surface area contributed by atoms with Gasteiger partial charge in [-0.05, 0) is 67.6 Å². The maximum Gasteiger partial charge on any atom is 0.232 e. The highest BCUT2D eigenvalue weighted by atomic mass is 32.2. The van der Waals surface area contributed by atoms with Gasteiger partial charge in [-0.25, -0.2) is 8.42 Å². The zero-order valence-corrected chi connectivity index (χ0v) is 19.7. The van der Waals surface area contributed by atoms with Gasteiger partial charge in [-0.3, -0.25) is 13.9 Å². The van der Waals surface area contributed by atoms with Crippen molar-refractivity contribution in [1.82, 2.24) is 5.32 Å². The van der Waals surface area contributed by atoms with Crippen LogP contribution in [0, 0.1) is 13.8 Å². The lowest BCUT2D eigenvalue weighted by atomic mass is 10.1. The van der Waals surface area contributed by atoms with Gasteiger partial charge in [-0.2, -0.15) is 0 Å². The number of hydrogen-bond acceptors (Lipinski definition) is 4. The van der Waals surface area contributed by atoms with Crippen LogP contribution in [-0.4, -0.2) is 39.6 Å². The molecule has 0 aromatic heterocycles. The van der Waals surface area contributed by atoms with Gasteiger partial charge >= 0.3 is 0 Å². The molecule has 1 heterocycles. The Kier molecular flexibility index (Phi) is 7.56. The summed E-state index contributed by atoms with van der Waals surface area (Å²) in [5.74, 6) is -0.00746. The molecule has 172 valence electrons. The van der Waals surface area contributed by atoms with Crippen molar-refractivity contribution in [1.29, 1.82) is 0 Å². The molecule has 1 aliphatic rings. The van der Waals surface area contributed by atoms with Gasteiger partial charge < -0.3 is 10.2 Å². The molecule has 0 atom stereocenters. The quantitative estimate of drug-likeness (QED) is 0.626. The van der Waals surface area contributed by atoms with Gasteiger partial charge in [0, 0.05) is 38.2 Å². The SMILES string of the molecule is Cc1cc(C)cc(N(CCCC(=O)NCc2cccc(N3CCCC3=O)c2)S(C)(=O)=O)c1. The van der Waals surface area contributed by atoms with E-state index in [1.54, 1.807) is 4.90 Å². The van der Waals surface area contributed by atoms with Crippen molar-refractivity contribution >= 4 is 33.2 Å².